The minimum Gasteiger partial charge on any atom is -0.485 e. The van der Waals surface area contributed by atoms with Gasteiger partial charge in [-0.05, 0) is 60.9 Å². The second-order valence-corrected chi connectivity index (χ2v) is 10.2. The molecule has 7 nitrogen and oxygen atoms in total. The summed E-state index contributed by atoms with van der Waals surface area (Å²) in [6.45, 7) is 0.364. The number of hydrogen-bond donors (Lipinski definition) is 0. The summed E-state index contributed by atoms with van der Waals surface area (Å²) in [5.41, 5.74) is 2.36. The van der Waals surface area contributed by atoms with Crippen LogP contribution in [0.4, 0.5) is 0 Å². The first-order chi connectivity index (χ1) is 16.8. The summed E-state index contributed by atoms with van der Waals surface area (Å²) in [6.07, 6.45) is 4.68. The average molecular weight is 486 g/mol. The molecule has 1 aliphatic heterocycles. The molecule has 9 heteroatoms. The van der Waals surface area contributed by atoms with Crippen molar-refractivity contribution in [2.75, 3.05) is 6.61 Å². The van der Waals surface area contributed by atoms with E-state index in [1.807, 2.05) is 59.2 Å². The molecule has 0 radical (unpaired) electrons. The summed E-state index contributed by atoms with van der Waals surface area (Å²) < 4.78 is 14.3. The van der Waals surface area contributed by atoms with Gasteiger partial charge in [-0.1, -0.05) is 30.3 Å². The summed E-state index contributed by atoms with van der Waals surface area (Å²) in [4.78, 5) is 11.7. The normalized spacial score (nSPS) is 16.6. The number of para-hydroxylation sites is 3. The fraction of sp³-hybridized carbons (Fsp3) is 0.200. The summed E-state index contributed by atoms with van der Waals surface area (Å²) in [5, 5.41) is 12.0. The molecular weight excluding hydrogens is 466 g/mol. The van der Waals surface area contributed by atoms with Crippen LogP contribution in [0, 0.1) is 0 Å². The van der Waals surface area contributed by atoms with Gasteiger partial charge in [0.15, 0.2) is 23.4 Å². The van der Waals surface area contributed by atoms with E-state index in [9.17, 15) is 0 Å². The predicted octanol–water partition coefficient (Wildman–Crippen LogP) is 5.42. The van der Waals surface area contributed by atoms with Crippen molar-refractivity contribution in [2.45, 2.75) is 35.5 Å². The second-order valence-electron chi connectivity index (χ2n) is 8.19. The van der Waals surface area contributed by atoms with Gasteiger partial charge in [-0.2, -0.15) is 0 Å². The number of benzene rings is 2. The van der Waals surface area contributed by atoms with E-state index < -0.39 is 0 Å². The maximum Gasteiger partial charge on any atom is 0.202 e. The van der Waals surface area contributed by atoms with Gasteiger partial charge in [0.2, 0.25) is 5.16 Å². The highest BCUT2D eigenvalue weighted by atomic mass is 32.2. The van der Waals surface area contributed by atoms with E-state index >= 15 is 0 Å². The molecule has 7 rings (SSSR count). The lowest BCUT2D eigenvalue weighted by Gasteiger charge is -2.26. The number of rotatable bonds is 4. The van der Waals surface area contributed by atoms with Crippen molar-refractivity contribution in [3.8, 4) is 17.2 Å². The Kier molecular flexibility index (Phi) is 4.76. The van der Waals surface area contributed by atoms with Crippen LogP contribution in [0.15, 0.2) is 71.1 Å². The van der Waals surface area contributed by atoms with Crippen LogP contribution in [-0.4, -0.2) is 31.3 Å². The third kappa shape index (κ3) is 3.26. The van der Waals surface area contributed by atoms with Gasteiger partial charge in [0.25, 0.3) is 0 Å². The van der Waals surface area contributed by atoms with Crippen LogP contribution in [0.1, 0.15) is 28.8 Å². The molecule has 3 aromatic heterocycles. The standard InChI is InChI=1S/C25H19N5O2S2/c1-2-7-15(8-3-1)30-22(19-13-31-17-10-4-5-11-18(17)32-19)28-29-25(30)34-24-21-16-9-6-12-20(16)33-23(21)26-14-27-24/h1-5,7-8,10-11,14,19H,6,9,12-13H2/t19-/m0/s1. The lowest BCUT2D eigenvalue weighted by molar-refractivity contribution is 0.0835. The molecule has 0 bridgehead atoms. The minimum absolute atomic E-state index is 0.364. The molecule has 2 aromatic carbocycles. The molecule has 1 aliphatic carbocycles. The predicted molar refractivity (Wildman–Crippen MR) is 130 cm³/mol. The maximum absolute atomic E-state index is 6.28. The van der Waals surface area contributed by atoms with Gasteiger partial charge >= 0.3 is 0 Å². The van der Waals surface area contributed by atoms with E-state index in [-0.39, 0.29) is 6.10 Å². The number of thiophene rings is 1. The monoisotopic (exact) mass is 485 g/mol. The Balaban J connectivity index is 1.33. The number of nitrogens with zero attached hydrogens (tertiary/aromatic N) is 5. The Labute approximate surface area is 203 Å². The first-order valence-electron chi connectivity index (χ1n) is 11.2. The number of ether oxygens (including phenoxy) is 2. The molecule has 168 valence electrons. The van der Waals surface area contributed by atoms with E-state index in [2.05, 4.69) is 20.2 Å². The maximum atomic E-state index is 6.28. The molecule has 0 saturated heterocycles. The van der Waals surface area contributed by atoms with Crippen LogP contribution < -0.4 is 9.47 Å². The Hall–Kier alpha value is -3.43. The zero-order valence-corrected chi connectivity index (χ0v) is 19.7. The molecule has 1 atom stereocenters. The SMILES string of the molecule is c1ccc(-n2c(Sc3ncnc4sc5c(c34)CCC5)nnc2[C@@H]2COc3ccccc3O2)cc1. The van der Waals surface area contributed by atoms with Crippen LogP contribution in [0.5, 0.6) is 11.5 Å². The van der Waals surface area contributed by atoms with Crippen molar-refractivity contribution >= 4 is 33.3 Å². The lowest BCUT2D eigenvalue weighted by Crippen LogP contribution is -2.24. The highest BCUT2D eigenvalue weighted by molar-refractivity contribution is 7.99. The molecule has 4 heterocycles. The molecular formula is C25H19N5O2S2. The Morgan fingerprint density at radius 2 is 1.79 bits per heavy atom. The topological polar surface area (TPSA) is 75.0 Å². The second kappa shape index (κ2) is 8.11. The summed E-state index contributed by atoms with van der Waals surface area (Å²) in [5.74, 6) is 2.15. The molecule has 0 amide bonds. The number of fused-ring (bicyclic) bond motifs is 4. The Morgan fingerprint density at radius 3 is 2.71 bits per heavy atom. The van der Waals surface area contributed by atoms with Gasteiger partial charge in [0.1, 0.15) is 22.8 Å². The third-order valence-electron chi connectivity index (χ3n) is 6.12. The minimum atomic E-state index is -0.382. The van der Waals surface area contributed by atoms with Gasteiger partial charge in [-0.15, -0.1) is 21.5 Å². The van der Waals surface area contributed by atoms with Crippen LogP contribution >= 0.6 is 23.1 Å². The number of hydrogen-bond acceptors (Lipinski definition) is 8. The molecule has 5 aromatic rings. The van der Waals surface area contributed by atoms with Crippen LogP contribution in [0.2, 0.25) is 0 Å². The fourth-order valence-corrected chi connectivity index (χ4v) is 6.85. The van der Waals surface area contributed by atoms with Crippen molar-refractivity contribution in [1.29, 1.82) is 0 Å². The summed E-state index contributed by atoms with van der Waals surface area (Å²) in [6, 6.07) is 17.8. The fourth-order valence-electron chi connectivity index (χ4n) is 4.59. The van der Waals surface area contributed by atoms with Crippen molar-refractivity contribution in [3.05, 3.63) is 77.2 Å². The van der Waals surface area contributed by atoms with E-state index in [1.54, 1.807) is 17.7 Å². The van der Waals surface area contributed by atoms with Crippen molar-refractivity contribution < 1.29 is 9.47 Å². The molecule has 2 aliphatic rings. The van der Waals surface area contributed by atoms with Gasteiger partial charge < -0.3 is 9.47 Å². The number of aryl methyl sites for hydroxylation is 2. The molecule has 34 heavy (non-hydrogen) atoms. The highest BCUT2D eigenvalue weighted by Gasteiger charge is 2.30. The van der Waals surface area contributed by atoms with Gasteiger partial charge in [0.05, 0.1) is 0 Å². The highest BCUT2D eigenvalue weighted by Crippen LogP contribution is 2.42. The summed E-state index contributed by atoms with van der Waals surface area (Å²) in [7, 11) is 0. The molecule has 0 fully saturated rings. The average Bonchev–Trinajstić information content (AvgIpc) is 3.59. The van der Waals surface area contributed by atoms with Gasteiger partial charge in [-0.3, -0.25) is 4.57 Å². The Morgan fingerprint density at radius 1 is 0.941 bits per heavy atom. The van der Waals surface area contributed by atoms with Gasteiger partial charge in [0, 0.05) is 16.0 Å². The largest absolute Gasteiger partial charge is 0.485 e. The van der Waals surface area contributed by atoms with Crippen LogP contribution in [0.3, 0.4) is 0 Å². The van der Waals surface area contributed by atoms with Crippen molar-refractivity contribution in [3.63, 3.8) is 0 Å². The lowest BCUT2D eigenvalue weighted by atomic mass is 10.2. The smallest absolute Gasteiger partial charge is 0.202 e. The third-order valence-corrected chi connectivity index (χ3v) is 8.27. The zero-order chi connectivity index (χ0) is 22.5. The van der Waals surface area contributed by atoms with E-state index in [4.69, 9.17) is 9.47 Å². The molecule has 0 N–H and O–H groups in total. The molecule has 0 saturated carbocycles. The Bertz CT molecular complexity index is 1510. The van der Waals surface area contributed by atoms with Gasteiger partial charge in [-0.25, -0.2) is 9.97 Å². The van der Waals surface area contributed by atoms with E-state index in [0.717, 1.165) is 39.3 Å². The first-order valence-corrected chi connectivity index (χ1v) is 12.8. The first kappa shape index (κ1) is 20.0. The van der Waals surface area contributed by atoms with E-state index in [1.165, 1.54) is 34.0 Å². The van der Waals surface area contributed by atoms with Crippen LogP contribution in [0.25, 0.3) is 15.9 Å². The summed E-state index contributed by atoms with van der Waals surface area (Å²) >= 11 is 3.32. The van der Waals surface area contributed by atoms with Crippen molar-refractivity contribution in [1.82, 2.24) is 24.7 Å². The molecule has 0 unspecified atom stereocenters. The zero-order valence-electron chi connectivity index (χ0n) is 18.0. The van der Waals surface area contributed by atoms with Crippen molar-refractivity contribution in [2.24, 2.45) is 0 Å². The van der Waals surface area contributed by atoms with Crippen LogP contribution in [-0.2, 0) is 12.8 Å². The molecule has 0 spiro atoms. The number of aromatic nitrogens is 5. The quantitative estimate of drug-likeness (QED) is 0.315. The van der Waals surface area contributed by atoms with E-state index in [0.29, 0.717) is 18.2 Å².